The minimum Gasteiger partial charge on any atom is -0.463 e. The van der Waals surface area contributed by atoms with Crippen LogP contribution in [0.2, 0.25) is 0 Å². The number of nitrogens with one attached hydrogen (secondary N) is 1. The number of benzene rings is 1. The van der Waals surface area contributed by atoms with Crippen molar-refractivity contribution >= 4 is 22.7 Å². The highest BCUT2D eigenvalue weighted by Crippen LogP contribution is 2.23. The molecular weight excluding hydrogens is 225 g/mol. The van der Waals surface area contributed by atoms with Crippen LogP contribution in [0.15, 0.2) is 18.2 Å². The Balaban J connectivity index is 2.67. The highest BCUT2D eigenvalue weighted by molar-refractivity contribution is 6.43. The number of rotatable bonds is 2. The Morgan fingerprint density at radius 1 is 1.35 bits per heavy atom. The zero-order valence-electron chi connectivity index (χ0n) is 9.33. The van der Waals surface area contributed by atoms with E-state index in [0.29, 0.717) is 16.6 Å². The van der Waals surface area contributed by atoms with Gasteiger partial charge in [0.15, 0.2) is 0 Å². The first-order valence-electron chi connectivity index (χ1n) is 4.95. The van der Waals surface area contributed by atoms with Crippen LogP contribution in [-0.2, 0) is 9.53 Å². The van der Waals surface area contributed by atoms with Crippen molar-refractivity contribution < 1.29 is 18.7 Å². The number of aromatic amines is 1. The number of hydrogen-bond donors (Lipinski definition) is 1. The predicted octanol–water partition coefficient (Wildman–Crippen LogP) is 1.97. The molecule has 1 aromatic carbocycles. The van der Waals surface area contributed by atoms with Crippen molar-refractivity contribution in [2.24, 2.45) is 0 Å². The van der Waals surface area contributed by atoms with E-state index in [1.807, 2.05) is 0 Å². The first-order chi connectivity index (χ1) is 8.04. The lowest BCUT2D eigenvalue weighted by Gasteiger charge is -1.98. The molecule has 1 heterocycles. The van der Waals surface area contributed by atoms with E-state index in [2.05, 4.69) is 9.72 Å². The maximum atomic E-state index is 13.1. The van der Waals surface area contributed by atoms with Crippen LogP contribution in [0.5, 0.6) is 0 Å². The van der Waals surface area contributed by atoms with Gasteiger partial charge in [-0.05, 0) is 25.1 Å². The van der Waals surface area contributed by atoms with Gasteiger partial charge in [0, 0.05) is 16.6 Å². The van der Waals surface area contributed by atoms with Gasteiger partial charge in [0.05, 0.1) is 12.7 Å². The molecule has 0 atom stereocenters. The first kappa shape index (κ1) is 11.3. The van der Waals surface area contributed by atoms with Crippen LogP contribution in [-0.4, -0.2) is 23.8 Å². The number of Topliss-reactive ketones (excluding diaryl/α,β-unsaturated/α-hetero) is 1. The second-order valence-electron chi connectivity index (χ2n) is 3.64. The van der Waals surface area contributed by atoms with Gasteiger partial charge in [-0.1, -0.05) is 0 Å². The van der Waals surface area contributed by atoms with Crippen molar-refractivity contribution in [3.8, 4) is 0 Å². The molecule has 0 spiro atoms. The van der Waals surface area contributed by atoms with E-state index in [9.17, 15) is 14.0 Å². The summed E-state index contributed by atoms with van der Waals surface area (Å²) >= 11 is 0. The minimum atomic E-state index is -0.960. The lowest BCUT2D eigenvalue weighted by atomic mass is 10.1. The number of hydrogen-bond acceptors (Lipinski definition) is 3. The minimum absolute atomic E-state index is 0.159. The highest BCUT2D eigenvalue weighted by atomic mass is 19.1. The topological polar surface area (TPSA) is 59.2 Å². The Hall–Kier alpha value is -2.17. The summed E-state index contributed by atoms with van der Waals surface area (Å²) in [5, 5.41) is 0.387. The lowest BCUT2D eigenvalue weighted by molar-refractivity contribution is -0.135. The summed E-state index contributed by atoms with van der Waals surface area (Å²) in [6.07, 6.45) is 0. The van der Waals surface area contributed by atoms with Gasteiger partial charge < -0.3 is 9.72 Å². The van der Waals surface area contributed by atoms with E-state index in [4.69, 9.17) is 0 Å². The standard InChI is InChI=1S/C12H10FNO3/c1-6-10(11(15)12(16)17-2)8-5-7(13)3-4-9(8)14-6/h3-5,14H,1-2H3. The summed E-state index contributed by atoms with van der Waals surface area (Å²) in [5.41, 5.74) is 1.28. The Morgan fingerprint density at radius 2 is 2.06 bits per heavy atom. The van der Waals surface area contributed by atoms with Crippen molar-refractivity contribution in [1.29, 1.82) is 0 Å². The van der Waals surface area contributed by atoms with Crippen LogP contribution in [0, 0.1) is 12.7 Å². The molecule has 0 aliphatic rings. The molecule has 0 saturated carbocycles. The molecule has 0 fully saturated rings. The number of ketones is 1. The monoisotopic (exact) mass is 235 g/mol. The average Bonchev–Trinajstić information content (AvgIpc) is 2.62. The quantitative estimate of drug-likeness (QED) is 0.492. The fraction of sp³-hybridized carbons (Fsp3) is 0.167. The number of esters is 1. The molecule has 0 unspecified atom stereocenters. The molecule has 4 nitrogen and oxygen atoms in total. The molecule has 5 heteroatoms. The normalized spacial score (nSPS) is 10.5. The fourth-order valence-corrected chi connectivity index (χ4v) is 1.79. The van der Waals surface area contributed by atoms with Gasteiger partial charge in [-0.25, -0.2) is 9.18 Å². The van der Waals surface area contributed by atoms with E-state index in [0.717, 1.165) is 7.11 Å². The zero-order chi connectivity index (χ0) is 12.6. The summed E-state index contributed by atoms with van der Waals surface area (Å²) < 4.78 is 17.5. The predicted molar refractivity (Wildman–Crippen MR) is 59.3 cm³/mol. The van der Waals surface area contributed by atoms with E-state index >= 15 is 0 Å². The molecule has 0 radical (unpaired) electrons. The van der Waals surface area contributed by atoms with Crippen LogP contribution >= 0.6 is 0 Å². The molecule has 0 bridgehead atoms. The third-order valence-corrected chi connectivity index (χ3v) is 2.55. The van der Waals surface area contributed by atoms with E-state index in [1.165, 1.54) is 18.2 Å². The summed E-state index contributed by atoms with van der Waals surface area (Å²) in [4.78, 5) is 25.9. The van der Waals surface area contributed by atoms with E-state index in [-0.39, 0.29) is 5.56 Å². The average molecular weight is 235 g/mol. The summed E-state index contributed by atoms with van der Waals surface area (Å²) in [6, 6.07) is 4.02. The number of aromatic nitrogens is 1. The van der Waals surface area contributed by atoms with Crippen LogP contribution < -0.4 is 0 Å². The SMILES string of the molecule is COC(=O)C(=O)c1c(C)[nH]c2ccc(F)cc12. The Bertz CT molecular complexity index is 615. The number of methoxy groups -OCH3 is 1. The summed E-state index contributed by atoms with van der Waals surface area (Å²) in [6.45, 7) is 1.65. The van der Waals surface area contributed by atoms with Gasteiger partial charge in [-0.2, -0.15) is 0 Å². The molecule has 1 N–H and O–H groups in total. The number of halogens is 1. The second-order valence-corrected chi connectivity index (χ2v) is 3.64. The van der Waals surface area contributed by atoms with Crippen LogP contribution in [0.1, 0.15) is 16.1 Å². The van der Waals surface area contributed by atoms with Crippen LogP contribution in [0.4, 0.5) is 4.39 Å². The largest absolute Gasteiger partial charge is 0.463 e. The van der Waals surface area contributed by atoms with Gasteiger partial charge >= 0.3 is 5.97 Å². The van der Waals surface area contributed by atoms with Gasteiger partial charge in [-0.3, -0.25) is 4.79 Å². The van der Waals surface area contributed by atoms with Gasteiger partial charge in [0.2, 0.25) is 0 Å². The molecule has 88 valence electrons. The molecule has 1 aromatic heterocycles. The number of H-pyrrole nitrogens is 1. The molecule has 0 aliphatic carbocycles. The zero-order valence-corrected chi connectivity index (χ0v) is 9.33. The molecular formula is C12H10FNO3. The van der Waals surface area contributed by atoms with E-state index in [1.54, 1.807) is 6.92 Å². The Labute approximate surface area is 96.4 Å². The van der Waals surface area contributed by atoms with Crippen molar-refractivity contribution in [3.05, 3.63) is 35.3 Å². The Kier molecular flexibility index (Phi) is 2.67. The van der Waals surface area contributed by atoms with Crippen molar-refractivity contribution in [3.63, 3.8) is 0 Å². The molecule has 0 aliphatic heterocycles. The third-order valence-electron chi connectivity index (χ3n) is 2.55. The maximum absolute atomic E-state index is 13.1. The number of fused-ring (bicyclic) bond motifs is 1. The van der Waals surface area contributed by atoms with Crippen molar-refractivity contribution in [1.82, 2.24) is 4.98 Å². The Morgan fingerprint density at radius 3 is 2.71 bits per heavy atom. The number of aryl methyl sites for hydroxylation is 1. The number of carbonyl (C=O) groups excluding carboxylic acids is 2. The van der Waals surface area contributed by atoms with Crippen molar-refractivity contribution in [2.45, 2.75) is 6.92 Å². The fourth-order valence-electron chi connectivity index (χ4n) is 1.79. The lowest BCUT2D eigenvalue weighted by Crippen LogP contribution is -2.16. The van der Waals surface area contributed by atoms with Crippen LogP contribution in [0.25, 0.3) is 10.9 Å². The number of carbonyl (C=O) groups is 2. The van der Waals surface area contributed by atoms with Gasteiger partial charge in [-0.15, -0.1) is 0 Å². The van der Waals surface area contributed by atoms with Crippen LogP contribution in [0.3, 0.4) is 0 Å². The van der Waals surface area contributed by atoms with E-state index < -0.39 is 17.6 Å². The third kappa shape index (κ3) is 1.80. The maximum Gasteiger partial charge on any atom is 0.379 e. The molecule has 2 rings (SSSR count). The molecule has 17 heavy (non-hydrogen) atoms. The molecule has 2 aromatic rings. The molecule has 0 saturated heterocycles. The van der Waals surface area contributed by atoms with Gasteiger partial charge in [0.1, 0.15) is 5.82 Å². The highest BCUT2D eigenvalue weighted by Gasteiger charge is 2.23. The van der Waals surface area contributed by atoms with Gasteiger partial charge in [0.25, 0.3) is 5.78 Å². The summed E-state index contributed by atoms with van der Waals surface area (Å²) in [7, 11) is 1.13. The number of ether oxygens (including phenoxy) is 1. The first-order valence-corrected chi connectivity index (χ1v) is 4.95. The second kappa shape index (κ2) is 4.01. The van der Waals surface area contributed by atoms with Crippen molar-refractivity contribution in [2.75, 3.05) is 7.11 Å². The smallest absolute Gasteiger partial charge is 0.379 e. The summed E-state index contributed by atoms with van der Waals surface area (Å²) in [5.74, 6) is -2.20. The molecule has 0 amide bonds.